The Morgan fingerprint density at radius 1 is 0.957 bits per heavy atom. The van der Waals surface area contributed by atoms with Crippen molar-refractivity contribution >= 4 is 0 Å². The van der Waals surface area contributed by atoms with E-state index in [2.05, 4.69) is 15.1 Å². The van der Waals surface area contributed by atoms with E-state index in [-0.39, 0.29) is 11.6 Å². The van der Waals surface area contributed by atoms with Crippen LogP contribution in [0.2, 0.25) is 0 Å². The van der Waals surface area contributed by atoms with Crippen LogP contribution in [0.25, 0.3) is 17.2 Å². The number of nitrogens with zero attached hydrogens (tertiary/aromatic N) is 4. The van der Waals surface area contributed by atoms with Crippen molar-refractivity contribution in [1.82, 2.24) is 19.7 Å². The summed E-state index contributed by atoms with van der Waals surface area (Å²) in [4.78, 5) is 7.89. The van der Waals surface area contributed by atoms with Gasteiger partial charge in [-0.15, -0.1) is 0 Å². The normalized spacial score (nSPS) is 11.7. The molecule has 0 aliphatic carbocycles. The van der Waals surface area contributed by atoms with E-state index in [1.807, 2.05) is 0 Å². The fourth-order valence-corrected chi connectivity index (χ4v) is 2.26. The summed E-state index contributed by atoms with van der Waals surface area (Å²) in [7, 11) is 0. The van der Waals surface area contributed by atoms with E-state index in [4.69, 9.17) is 0 Å². The summed E-state index contributed by atoms with van der Waals surface area (Å²) < 4.78 is 40.8. The molecule has 0 atom stereocenters. The molecule has 0 fully saturated rings. The van der Waals surface area contributed by atoms with Gasteiger partial charge in [-0.3, -0.25) is 0 Å². The molecule has 0 aliphatic rings. The number of alkyl halides is 3. The van der Waals surface area contributed by atoms with E-state index in [1.54, 1.807) is 50.2 Å². The molecular formula is C16H13F3N4. The Balaban J connectivity index is 2.22. The topological polar surface area (TPSA) is 43.6 Å². The van der Waals surface area contributed by atoms with Gasteiger partial charge in [0.15, 0.2) is 5.69 Å². The molecule has 23 heavy (non-hydrogen) atoms. The summed E-state index contributed by atoms with van der Waals surface area (Å²) in [5, 5.41) is 4.16. The van der Waals surface area contributed by atoms with Crippen LogP contribution in [-0.2, 0) is 6.18 Å². The minimum absolute atomic E-state index is 0.0933. The maximum Gasteiger partial charge on any atom is 0.433 e. The zero-order valence-electron chi connectivity index (χ0n) is 12.5. The summed E-state index contributed by atoms with van der Waals surface area (Å²) in [5.41, 5.74) is 1.15. The maximum atomic E-state index is 13.2. The van der Waals surface area contributed by atoms with Gasteiger partial charge in [0, 0.05) is 11.3 Å². The lowest BCUT2D eigenvalue weighted by Gasteiger charge is -2.11. The summed E-state index contributed by atoms with van der Waals surface area (Å²) in [6.07, 6.45) is -4.56. The second-order valence-electron chi connectivity index (χ2n) is 5.14. The first-order valence-electron chi connectivity index (χ1n) is 6.90. The number of aromatic nitrogens is 4. The number of hydrogen-bond acceptors (Lipinski definition) is 3. The van der Waals surface area contributed by atoms with E-state index in [9.17, 15) is 13.2 Å². The smallest absolute Gasteiger partial charge is 0.211 e. The van der Waals surface area contributed by atoms with Gasteiger partial charge in [-0.25, -0.2) is 14.6 Å². The number of rotatable bonds is 2. The minimum Gasteiger partial charge on any atom is -0.211 e. The van der Waals surface area contributed by atoms with E-state index in [1.165, 1.54) is 4.68 Å². The molecule has 0 spiro atoms. The highest BCUT2D eigenvalue weighted by molar-refractivity contribution is 5.60. The van der Waals surface area contributed by atoms with Crippen LogP contribution in [0.1, 0.15) is 17.1 Å². The standard InChI is InChI=1S/C16H13F3N4/c1-10-8-11(2)23(22-10)15-20-13(12-6-4-3-5-7-12)9-14(21-15)16(17,18)19/h3-9H,1-2H3. The van der Waals surface area contributed by atoms with Gasteiger partial charge in [-0.05, 0) is 26.0 Å². The third kappa shape index (κ3) is 3.08. The van der Waals surface area contributed by atoms with Crippen LogP contribution in [0.15, 0.2) is 42.5 Å². The fraction of sp³-hybridized carbons (Fsp3) is 0.188. The molecular weight excluding hydrogens is 305 g/mol. The molecule has 7 heteroatoms. The van der Waals surface area contributed by atoms with Crippen LogP contribution in [0.5, 0.6) is 0 Å². The Hall–Kier alpha value is -2.70. The van der Waals surface area contributed by atoms with E-state index >= 15 is 0 Å². The van der Waals surface area contributed by atoms with Crippen molar-refractivity contribution in [2.45, 2.75) is 20.0 Å². The molecule has 0 bridgehead atoms. The highest BCUT2D eigenvalue weighted by atomic mass is 19.4. The Bertz CT molecular complexity index is 838. The Labute approximate surface area is 130 Å². The van der Waals surface area contributed by atoms with Gasteiger partial charge in [0.25, 0.3) is 5.95 Å². The molecule has 0 saturated heterocycles. The van der Waals surface area contributed by atoms with Crippen LogP contribution in [0.3, 0.4) is 0 Å². The average molecular weight is 318 g/mol. The van der Waals surface area contributed by atoms with Crippen molar-refractivity contribution in [2.75, 3.05) is 0 Å². The Kier molecular flexibility index (Phi) is 3.63. The lowest BCUT2D eigenvalue weighted by atomic mass is 10.1. The lowest BCUT2D eigenvalue weighted by molar-refractivity contribution is -0.141. The molecule has 3 aromatic rings. The summed E-state index contributed by atoms with van der Waals surface area (Å²) >= 11 is 0. The van der Waals surface area contributed by atoms with Crippen LogP contribution >= 0.6 is 0 Å². The summed E-state index contributed by atoms with van der Waals surface area (Å²) in [6.45, 7) is 3.50. The first-order chi connectivity index (χ1) is 10.8. The molecule has 2 heterocycles. The molecule has 0 unspecified atom stereocenters. The summed E-state index contributed by atoms with van der Waals surface area (Å²) in [6, 6.07) is 11.4. The molecule has 0 N–H and O–H groups in total. The number of hydrogen-bond donors (Lipinski definition) is 0. The zero-order valence-corrected chi connectivity index (χ0v) is 12.5. The van der Waals surface area contributed by atoms with Crippen LogP contribution in [0.4, 0.5) is 13.2 Å². The number of halogens is 3. The Morgan fingerprint density at radius 3 is 2.22 bits per heavy atom. The molecule has 0 amide bonds. The van der Waals surface area contributed by atoms with E-state index in [0.717, 1.165) is 6.07 Å². The van der Waals surface area contributed by atoms with Crippen molar-refractivity contribution in [3.63, 3.8) is 0 Å². The summed E-state index contributed by atoms with van der Waals surface area (Å²) in [5.74, 6) is -0.0933. The van der Waals surface area contributed by atoms with Gasteiger partial charge in [-0.1, -0.05) is 30.3 Å². The van der Waals surface area contributed by atoms with Gasteiger partial charge >= 0.3 is 6.18 Å². The molecule has 3 rings (SSSR count). The van der Waals surface area contributed by atoms with Crippen molar-refractivity contribution in [1.29, 1.82) is 0 Å². The largest absolute Gasteiger partial charge is 0.433 e. The second-order valence-corrected chi connectivity index (χ2v) is 5.14. The third-order valence-corrected chi connectivity index (χ3v) is 3.27. The minimum atomic E-state index is -4.56. The van der Waals surface area contributed by atoms with Crippen LogP contribution < -0.4 is 0 Å². The monoisotopic (exact) mass is 318 g/mol. The van der Waals surface area contributed by atoms with Gasteiger partial charge in [0.05, 0.1) is 11.4 Å². The van der Waals surface area contributed by atoms with Crippen molar-refractivity contribution in [3.05, 3.63) is 59.5 Å². The van der Waals surface area contributed by atoms with Crippen molar-refractivity contribution in [3.8, 4) is 17.2 Å². The van der Waals surface area contributed by atoms with Gasteiger partial charge in [0.2, 0.25) is 0 Å². The maximum absolute atomic E-state index is 13.2. The molecule has 1 aromatic carbocycles. The second kappa shape index (κ2) is 5.49. The first kappa shape index (κ1) is 15.2. The number of aryl methyl sites for hydroxylation is 2. The zero-order chi connectivity index (χ0) is 16.6. The van der Waals surface area contributed by atoms with Gasteiger partial charge < -0.3 is 0 Å². The lowest BCUT2D eigenvalue weighted by Crippen LogP contribution is -2.14. The average Bonchev–Trinajstić information content (AvgIpc) is 2.85. The molecule has 0 aliphatic heterocycles. The molecule has 2 aromatic heterocycles. The molecule has 4 nitrogen and oxygen atoms in total. The van der Waals surface area contributed by atoms with E-state index in [0.29, 0.717) is 17.0 Å². The van der Waals surface area contributed by atoms with E-state index < -0.39 is 11.9 Å². The Morgan fingerprint density at radius 2 is 1.65 bits per heavy atom. The fourth-order valence-electron chi connectivity index (χ4n) is 2.26. The predicted molar refractivity (Wildman–Crippen MR) is 79.1 cm³/mol. The molecule has 118 valence electrons. The SMILES string of the molecule is Cc1cc(C)n(-c2nc(-c3ccccc3)cc(C(F)(F)F)n2)n1. The van der Waals surface area contributed by atoms with Gasteiger partial charge in [-0.2, -0.15) is 18.3 Å². The predicted octanol–water partition coefficient (Wildman–Crippen LogP) is 3.96. The highest BCUT2D eigenvalue weighted by Crippen LogP contribution is 2.30. The van der Waals surface area contributed by atoms with Crippen molar-refractivity contribution in [2.24, 2.45) is 0 Å². The highest BCUT2D eigenvalue weighted by Gasteiger charge is 2.34. The molecule has 0 radical (unpaired) electrons. The first-order valence-corrected chi connectivity index (χ1v) is 6.90. The third-order valence-electron chi connectivity index (χ3n) is 3.27. The van der Waals surface area contributed by atoms with Crippen LogP contribution in [-0.4, -0.2) is 19.7 Å². The van der Waals surface area contributed by atoms with Gasteiger partial charge in [0.1, 0.15) is 0 Å². The molecule has 0 saturated carbocycles. The number of benzene rings is 1. The quantitative estimate of drug-likeness (QED) is 0.718. The van der Waals surface area contributed by atoms with Crippen LogP contribution in [0, 0.1) is 13.8 Å². The van der Waals surface area contributed by atoms with Crippen molar-refractivity contribution < 1.29 is 13.2 Å².